The average molecular weight is 508 g/mol. The Morgan fingerprint density at radius 2 is 1.81 bits per heavy atom. The number of likely N-dealkylation sites (N-methyl/N-ethyl adjacent to an activating group) is 1. The molecule has 0 aliphatic carbocycles. The van der Waals surface area contributed by atoms with Gasteiger partial charge in [0.05, 0.1) is 42.0 Å². The van der Waals surface area contributed by atoms with Crippen LogP contribution in [0.1, 0.15) is 64.4 Å². The van der Waals surface area contributed by atoms with E-state index in [2.05, 4.69) is 38.9 Å². The van der Waals surface area contributed by atoms with Gasteiger partial charge in [-0.2, -0.15) is 0 Å². The van der Waals surface area contributed by atoms with E-state index in [1.165, 1.54) is 11.3 Å². The van der Waals surface area contributed by atoms with Crippen LogP contribution in [-0.2, 0) is 11.4 Å². The molecule has 3 rings (SSSR count). The second kappa shape index (κ2) is 13.1. The molecule has 0 saturated heterocycles. The third kappa shape index (κ3) is 7.30. The second-order valence-corrected chi connectivity index (χ2v) is 9.41. The van der Waals surface area contributed by atoms with Crippen molar-refractivity contribution in [2.24, 2.45) is 0 Å². The van der Waals surface area contributed by atoms with E-state index in [-0.39, 0.29) is 25.0 Å². The van der Waals surface area contributed by atoms with Gasteiger partial charge in [-0.25, -0.2) is 0 Å². The number of hydrogen-bond donors (Lipinski definition) is 4. The van der Waals surface area contributed by atoms with E-state index in [1.807, 2.05) is 31.4 Å². The zero-order chi connectivity index (χ0) is 26.1. The van der Waals surface area contributed by atoms with Crippen molar-refractivity contribution in [1.82, 2.24) is 15.3 Å². The maximum absolute atomic E-state index is 13.1. The molecule has 0 unspecified atom stereocenters. The Morgan fingerprint density at radius 1 is 1.03 bits per heavy atom. The van der Waals surface area contributed by atoms with Crippen molar-refractivity contribution in [3.05, 3.63) is 68.9 Å². The summed E-state index contributed by atoms with van der Waals surface area (Å²) in [6.45, 7) is 8.67. The number of thiophene rings is 1. The van der Waals surface area contributed by atoms with Crippen LogP contribution in [0.3, 0.4) is 0 Å². The number of anilines is 2. The number of amides is 2. The smallest absolute Gasteiger partial charge is 0.257 e. The van der Waals surface area contributed by atoms with E-state index in [0.717, 1.165) is 40.1 Å². The average Bonchev–Trinajstić information content (AvgIpc) is 3.35. The van der Waals surface area contributed by atoms with Crippen LogP contribution in [0.25, 0.3) is 11.6 Å². The summed E-state index contributed by atoms with van der Waals surface area (Å²) in [4.78, 5) is 34.8. The van der Waals surface area contributed by atoms with Gasteiger partial charge in [-0.05, 0) is 73.2 Å². The first-order valence-corrected chi connectivity index (χ1v) is 12.9. The summed E-state index contributed by atoms with van der Waals surface area (Å²) in [7, 11) is 0. The van der Waals surface area contributed by atoms with Gasteiger partial charge in [-0.3, -0.25) is 19.6 Å². The number of carbonyl (C=O) groups excluding carboxylic acids is 2. The van der Waals surface area contributed by atoms with Crippen molar-refractivity contribution in [3.63, 3.8) is 0 Å². The van der Waals surface area contributed by atoms with Gasteiger partial charge in [-0.15, -0.1) is 11.3 Å². The first-order chi connectivity index (χ1) is 17.3. The van der Waals surface area contributed by atoms with Crippen LogP contribution in [0.4, 0.5) is 11.4 Å². The number of carbonyl (C=O) groups is 2. The van der Waals surface area contributed by atoms with Gasteiger partial charge in [0.15, 0.2) is 0 Å². The molecule has 9 heteroatoms. The van der Waals surface area contributed by atoms with Crippen LogP contribution in [0.15, 0.2) is 36.0 Å². The highest BCUT2D eigenvalue weighted by Gasteiger charge is 2.13. The number of aliphatic hydroxyl groups excluding tert-OH is 1. The number of nitrogens with one attached hydrogen (secondary N) is 3. The van der Waals surface area contributed by atoms with E-state index >= 15 is 0 Å². The third-order valence-corrected chi connectivity index (χ3v) is 6.49. The maximum Gasteiger partial charge on any atom is 0.257 e. The van der Waals surface area contributed by atoms with Crippen molar-refractivity contribution in [1.29, 1.82) is 0 Å². The quantitative estimate of drug-likeness (QED) is 0.297. The molecule has 0 aliphatic rings. The van der Waals surface area contributed by atoms with Crippen LogP contribution in [0.5, 0.6) is 0 Å². The lowest BCUT2D eigenvalue weighted by molar-refractivity contribution is -0.115. The van der Waals surface area contributed by atoms with Crippen molar-refractivity contribution in [2.45, 2.75) is 47.1 Å². The molecule has 4 N–H and O–H groups in total. The molecule has 0 fully saturated rings. The molecular formula is C27H33N5O3S. The Hall–Kier alpha value is -3.40. The molecule has 0 aliphatic heterocycles. The minimum Gasteiger partial charge on any atom is -0.391 e. The van der Waals surface area contributed by atoms with E-state index in [9.17, 15) is 14.7 Å². The molecule has 0 spiro atoms. The van der Waals surface area contributed by atoms with Gasteiger partial charge in [0.25, 0.3) is 5.91 Å². The van der Waals surface area contributed by atoms with E-state index in [4.69, 9.17) is 0 Å². The Balaban J connectivity index is 1.83. The molecule has 0 atom stereocenters. The summed E-state index contributed by atoms with van der Waals surface area (Å²) in [5, 5.41) is 20.1. The Morgan fingerprint density at radius 3 is 2.50 bits per heavy atom. The van der Waals surface area contributed by atoms with Gasteiger partial charge in [-0.1, -0.05) is 20.3 Å². The van der Waals surface area contributed by atoms with Gasteiger partial charge < -0.3 is 21.1 Å². The highest BCUT2D eigenvalue weighted by Crippen LogP contribution is 2.28. The summed E-state index contributed by atoms with van der Waals surface area (Å²) < 4.78 is 0. The number of nitrogens with zero attached hydrogens (tertiary/aromatic N) is 2. The van der Waals surface area contributed by atoms with Crippen LogP contribution in [0.2, 0.25) is 0 Å². The summed E-state index contributed by atoms with van der Waals surface area (Å²) in [6, 6.07) is 5.53. The normalized spacial score (nSPS) is 11.4. The van der Waals surface area contributed by atoms with Crippen molar-refractivity contribution < 1.29 is 14.7 Å². The molecule has 3 aromatic heterocycles. The summed E-state index contributed by atoms with van der Waals surface area (Å²) in [5.74, 6) is -0.494. The Kier molecular flexibility index (Phi) is 9.86. The molecule has 0 bridgehead atoms. The number of aliphatic hydroxyl groups is 1. The van der Waals surface area contributed by atoms with E-state index in [1.54, 1.807) is 25.4 Å². The van der Waals surface area contributed by atoms with Gasteiger partial charge in [0.2, 0.25) is 5.91 Å². The molecule has 36 heavy (non-hydrogen) atoms. The molecule has 8 nitrogen and oxygen atoms in total. The van der Waals surface area contributed by atoms with Crippen LogP contribution < -0.4 is 16.0 Å². The molecule has 0 radical (unpaired) electrons. The highest BCUT2D eigenvalue weighted by molar-refractivity contribution is 7.10. The fourth-order valence-corrected chi connectivity index (χ4v) is 4.34. The zero-order valence-corrected chi connectivity index (χ0v) is 22.0. The molecule has 3 heterocycles. The lowest BCUT2D eigenvalue weighted by Gasteiger charge is -2.12. The molecule has 0 saturated carbocycles. The van der Waals surface area contributed by atoms with Crippen molar-refractivity contribution in [2.75, 3.05) is 23.7 Å². The largest absolute Gasteiger partial charge is 0.391 e. The minimum absolute atomic E-state index is 0.0229. The number of pyridine rings is 2. The summed E-state index contributed by atoms with van der Waals surface area (Å²) in [6.07, 6.45) is 7.03. The van der Waals surface area contributed by atoms with Gasteiger partial charge in [0.1, 0.15) is 0 Å². The lowest BCUT2D eigenvalue weighted by Crippen LogP contribution is -2.27. The molecule has 0 aromatic carbocycles. The zero-order valence-electron chi connectivity index (χ0n) is 21.1. The predicted octanol–water partition coefficient (Wildman–Crippen LogP) is 4.79. The standard InChI is InChI=1S/C27H33N5O3S/c1-5-7-19(22-10-24(15-33)36-16-22)8-20-9-21(12-29-17(20)3)27(35)32-25-11-23(13-30-18(25)4)31-26(34)14-28-6-2/h8-13,16,28,33H,5-7,14-15H2,1-4H3,(H,31,34)(H,32,35)/b19-8+. The third-order valence-electron chi connectivity index (χ3n) is 5.57. The predicted molar refractivity (Wildman–Crippen MR) is 146 cm³/mol. The Bertz CT molecular complexity index is 1250. The Labute approximate surface area is 215 Å². The number of rotatable bonds is 11. The van der Waals surface area contributed by atoms with Gasteiger partial charge >= 0.3 is 0 Å². The molecule has 190 valence electrons. The first-order valence-electron chi connectivity index (χ1n) is 12.0. The van der Waals surface area contributed by atoms with Crippen LogP contribution >= 0.6 is 11.3 Å². The van der Waals surface area contributed by atoms with E-state index in [0.29, 0.717) is 29.2 Å². The number of allylic oxidation sites excluding steroid dienone is 1. The second-order valence-electron chi connectivity index (χ2n) is 8.42. The maximum atomic E-state index is 13.1. The van der Waals surface area contributed by atoms with E-state index < -0.39 is 0 Å². The van der Waals surface area contributed by atoms with Crippen LogP contribution in [-0.4, -0.2) is 40.0 Å². The molecular weight excluding hydrogens is 474 g/mol. The molecule has 2 amide bonds. The SMILES string of the molecule is CCC/C(=C\c1cc(C(=O)Nc2cc(NC(=O)CNCC)cnc2C)cnc1C)c1csc(CO)c1. The summed E-state index contributed by atoms with van der Waals surface area (Å²) >= 11 is 1.53. The topological polar surface area (TPSA) is 116 Å². The lowest BCUT2D eigenvalue weighted by atomic mass is 9.99. The minimum atomic E-state index is -0.312. The van der Waals surface area contributed by atoms with Gasteiger partial charge in [0, 0.05) is 16.8 Å². The first kappa shape index (κ1) is 27.2. The fraction of sp³-hybridized carbons (Fsp3) is 0.333. The fourth-order valence-electron chi connectivity index (χ4n) is 3.58. The number of aromatic nitrogens is 2. The van der Waals surface area contributed by atoms with Crippen molar-refractivity contribution >= 4 is 46.2 Å². The highest BCUT2D eigenvalue weighted by atomic mass is 32.1. The van der Waals surface area contributed by atoms with Crippen molar-refractivity contribution in [3.8, 4) is 0 Å². The number of aryl methyl sites for hydroxylation is 2. The number of hydrogen-bond acceptors (Lipinski definition) is 7. The monoisotopic (exact) mass is 507 g/mol. The van der Waals surface area contributed by atoms with Crippen LogP contribution in [0, 0.1) is 13.8 Å². The summed E-state index contributed by atoms with van der Waals surface area (Å²) in [5.41, 5.74) is 5.97. The molecule has 3 aromatic rings.